The maximum absolute atomic E-state index is 12.9. The molecule has 1 atom stereocenters. The zero-order valence-electron chi connectivity index (χ0n) is 15.2. The van der Waals surface area contributed by atoms with Gasteiger partial charge in [-0.3, -0.25) is 14.5 Å². The summed E-state index contributed by atoms with van der Waals surface area (Å²) in [5, 5.41) is 0. The Kier molecular flexibility index (Phi) is 5.41. The lowest BCUT2D eigenvalue weighted by molar-refractivity contribution is -0.123. The second kappa shape index (κ2) is 7.95. The smallest absolute Gasteiger partial charge is 0.251 e. The summed E-state index contributed by atoms with van der Waals surface area (Å²) in [6.07, 6.45) is 3.53. The van der Waals surface area contributed by atoms with Gasteiger partial charge in [-0.1, -0.05) is 52.3 Å². The monoisotopic (exact) mass is 426 g/mol. The van der Waals surface area contributed by atoms with Gasteiger partial charge in [-0.05, 0) is 62.0 Å². The Morgan fingerprint density at radius 2 is 1.70 bits per heavy atom. The molecule has 27 heavy (non-hydrogen) atoms. The van der Waals surface area contributed by atoms with Crippen LogP contribution in [0.4, 0.5) is 5.69 Å². The third kappa shape index (κ3) is 3.99. The Balaban J connectivity index is 1.39. The summed E-state index contributed by atoms with van der Waals surface area (Å²) in [4.78, 5) is 29.0. The molecule has 0 aliphatic carbocycles. The number of carbonyl (C=O) groups is 2. The highest BCUT2D eigenvalue weighted by atomic mass is 79.9. The van der Waals surface area contributed by atoms with Gasteiger partial charge in [0.05, 0.1) is 18.2 Å². The minimum absolute atomic E-state index is 0.0837. The average molecular weight is 427 g/mol. The number of benzene rings is 2. The summed E-state index contributed by atoms with van der Waals surface area (Å²) in [5.41, 5.74) is 2.03. The summed E-state index contributed by atoms with van der Waals surface area (Å²) in [6, 6.07) is 17.7. The topological polar surface area (TPSA) is 40.6 Å². The molecule has 2 aromatic rings. The highest BCUT2D eigenvalue weighted by Crippen LogP contribution is 2.30. The number of piperidine rings is 1. The van der Waals surface area contributed by atoms with Crippen molar-refractivity contribution < 1.29 is 9.59 Å². The fourth-order valence-corrected chi connectivity index (χ4v) is 4.59. The van der Waals surface area contributed by atoms with Gasteiger partial charge >= 0.3 is 0 Å². The molecule has 2 aliphatic heterocycles. The minimum atomic E-state index is -0.311. The zero-order valence-corrected chi connectivity index (χ0v) is 16.8. The van der Waals surface area contributed by atoms with Crippen molar-refractivity contribution in [3.63, 3.8) is 0 Å². The molecule has 2 aromatic carbocycles. The predicted octanol–water partition coefficient (Wildman–Crippen LogP) is 4.04. The molecule has 0 saturated carbocycles. The standard InChI is InChI=1S/C22H23BrN2O2/c23-18-7-4-8-19(14-18)25-21(26)15-20(22(25)27)24-11-9-17(10-12-24)13-16-5-2-1-3-6-16/h1-8,14,17,20H,9-13,15H2/t20-/m1/s1. The van der Waals surface area contributed by atoms with Gasteiger partial charge < -0.3 is 0 Å². The van der Waals surface area contributed by atoms with Gasteiger partial charge in [0.1, 0.15) is 0 Å². The molecule has 0 unspecified atom stereocenters. The Bertz CT molecular complexity index is 831. The first kappa shape index (κ1) is 18.4. The first-order chi connectivity index (χ1) is 13.1. The Labute approximate surface area is 168 Å². The van der Waals surface area contributed by atoms with Gasteiger partial charge in [0.25, 0.3) is 5.91 Å². The number of rotatable bonds is 4. The lowest BCUT2D eigenvalue weighted by atomic mass is 9.89. The van der Waals surface area contributed by atoms with Crippen molar-refractivity contribution in [1.29, 1.82) is 0 Å². The number of hydrogen-bond donors (Lipinski definition) is 0. The molecule has 2 aliphatic rings. The number of hydrogen-bond acceptors (Lipinski definition) is 3. The van der Waals surface area contributed by atoms with Crippen LogP contribution >= 0.6 is 15.9 Å². The number of amides is 2. The third-order valence-electron chi connectivity index (χ3n) is 5.65. The molecule has 0 aromatic heterocycles. The van der Waals surface area contributed by atoms with Crippen LogP contribution in [0.2, 0.25) is 0 Å². The molecule has 2 fully saturated rings. The van der Waals surface area contributed by atoms with Gasteiger partial charge in [0.2, 0.25) is 5.91 Å². The molecular formula is C22H23BrN2O2. The second-order valence-corrected chi connectivity index (χ2v) is 8.35. The largest absolute Gasteiger partial charge is 0.292 e. The van der Waals surface area contributed by atoms with Crippen molar-refractivity contribution in [2.24, 2.45) is 5.92 Å². The van der Waals surface area contributed by atoms with E-state index in [1.54, 1.807) is 0 Å². The van der Waals surface area contributed by atoms with Crippen LogP contribution in [0.5, 0.6) is 0 Å². The zero-order chi connectivity index (χ0) is 18.8. The van der Waals surface area contributed by atoms with Gasteiger partial charge in [-0.15, -0.1) is 0 Å². The first-order valence-corrected chi connectivity index (χ1v) is 10.3. The predicted molar refractivity (Wildman–Crippen MR) is 109 cm³/mol. The molecule has 4 nitrogen and oxygen atoms in total. The normalized spacial score (nSPS) is 21.8. The molecule has 0 spiro atoms. The van der Waals surface area contributed by atoms with Crippen molar-refractivity contribution >= 4 is 33.4 Å². The fourth-order valence-electron chi connectivity index (χ4n) is 4.20. The molecule has 4 rings (SSSR count). The minimum Gasteiger partial charge on any atom is -0.292 e. The number of halogens is 1. The van der Waals surface area contributed by atoms with Gasteiger partial charge in [-0.2, -0.15) is 0 Å². The quantitative estimate of drug-likeness (QED) is 0.692. The molecule has 2 saturated heterocycles. The molecule has 140 valence electrons. The lowest BCUT2D eigenvalue weighted by Crippen LogP contribution is -2.46. The SMILES string of the molecule is O=C1C[C@@H](N2CCC(Cc3ccccc3)CC2)C(=O)N1c1cccc(Br)c1. The van der Waals surface area contributed by atoms with Crippen molar-refractivity contribution in [1.82, 2.24) is 4.90 Å². The highest BCUT2D eigenvalue weighted by molar-refractivity contribution is 9.10. The fraction of sp³-hybridized carbons (Fsp3) is 0.364. The van der Waals surface area contributed by atoms with Crippen molar-refractivity contribution in [2.45, 2.75) is 31.7 Å². The van der Waals surface area contributed by atoms with Crippen LogP contribution in [0.15, 0.2) is 59.1 Å². The summed E-state index contributed by atoms with van der Waals surface area (Å²) >= 11 is 3.41. The van der Waals surface area contributed by atoms with Gasteiger partial charge in [0.15, 0.2) is 0 Å². The van der Waals surface area contributed by atoms with Crippen LogP contribution < -0.4 is 4.90 Å². The van der Waals surface area contributed by atoms with E-state index in [4.69, 9.17) is 0 Å². The molecule has 2 heterocycles. The van der Waals surface area contributed by atoms with Crippen LogP contribution in [0.25, 0.3) is 0 Å². The summed E-state index contributed by atoms with van der Waals surface area (Å²) in [6.45, 7) is 1.76. The van der Waals surface area contributed by atoms with E-state index in [1.165, 1.54) is 10.5 Å². The summed E-state index contributed by atoms with van der Waals surface area (Å²) < 4.78 is 0.866. The Hall–Kier alpha value is -1.98. The van der Waals surface area contributed by atoms with E-state index >= 15 is 0 Å². The molecule has 0 radical (unpaired) electrons. The average Bonchev–Trinajstić information content (AvgIpc) is 2.97. The Morgan fingerprint density at radius 3 is 2.41 bits per heavy atom. The number of anilines is 1. The maximum Gasteiger partial charge on any atom is 0.251 e. The molecule has 0 bridgehead atoms. The molecule has 2 amide bonds. The van der Waals surface area contributed by atoms with E-state index in [0.29, 0.717) is 11.6 Å². The number of likely N-dealkylation sites (tertiary alicyclic amines) is 1. The maximum atomic E-state index is 12.9. The van der Waals surface area contributed by atoms with Crippen LogP contribution in [-0.2, 0) is 16.0 Å². The number of carbonyl (C=O) groups excluding carboxylic acids is 2. The first-order valence-electron chi connectivity index (χ1n) is 9.52. The van der Waals surface area contributed by atoms with Gasteiger partial charge in [-0.25, -0.2) is 4.90 Å². The van der Waals surface area contributed by atoms with Crippen LogP contribution in [0.3, 0.4) is 0 Å². The second-order valence-electron chi connectivity index (χ2n) is 7.44. The van der Waals surface area contributed by atoms with E-state index in [0.717, 1.165) is 36.8 Å². The van der Waals surface area contributed by atoms with Gasteiger partial charge in [0, 0.05) is 4.47 Å². The summed E-state index contributed by atoms with van der Waals surface area (Å²) in [5.74, 6) is 0.464. The van der Waals surface area contributed by atoms with Crippen molar-refractivity contribution in [3.05, 3.63) is 64.6 Å². The van der Waals surface area contributed by atoms with E-state index in [1.807, 2.05) is 30.3 Å². The van der Waals surface area contributed by atoms with Crippen molar-refractivity contribution in [3.8, 4) is 0 Å². The van der Waals surface area contributed by atoms with Crippen molar-refractivity contribution in [2.75, 3.05) is 18.0 Å². The highest BCUT2D eigenvalue weighted by Gasteiger charge is 2.43. The third-order valence-corrected chi connectivity index (χ3v) is 6.14. The van der Waals surface area contributed by atoms with E-state index in [9.17, 15) is 9.59 Å². The number of imide groups is 1. The summed E-state index contributed by atoms with van der Waals surface area (Å²) in [7, 11) is 0. The van der Waals surface area contributed by atoms with E-state index < -0.39 is 0 Å². The van der Waals surface area contributed by atoms with E-state index in [2.05, 4.69) is 45.1 Å². The van der Waals surface area contributed by atoms with Crippen LogP contribution in [0, 0.1) is 5.92 Å². The number of nitrogens with zero attached hydrogens (tertiary/aromatic N) is 2. The van der Waals surface area contributed by atoms with Crippen LogP contribution in [-0.4, -0.2) is 35.8 Å². The molecule has 0 N–H and O–H groups in total. The lowest BCUT2D eigenvalue weighted by Gasteiger charge is -2.34. The molecule has 5 heteroatoms. The van der Waals surface area contributed by atoms with Crippen LogP contribution in [0.1, 0.15) is 24.8 Å². The molecular weight excluding hydrogens is 404 g/mol. The Morgan fingerprint density at radius 1 is 0.963 bits per heavy atom. The van der Waals surface area contributed by atoms with E-state index in [-0.39, 0.29) is 24.3 Å².